The Balaban J connectivity index is 2.77. The zero-order valence-corrected chi connectivity index (χ0v) is 11.8. The fourth-order valence-electron chi connectivity index (χ4n) is 1.53. The lowest BCUT2D eigenvalue weighted by atomic mass is 10.1. The number of nitrogens with zero attached hydrogens (tertiary/aromatic N) is 2. The maximum absolute atomic E-state index is 5.73. The zero-order chi connectivity index (χ0) is 12.1. The van der Waals surface area contributed by atoms with Crippen LogP contribution in [-0.4, -0.2) is 18.6 Å². The number of anilines is 1. The molecule has 1 aromatic rings. The van der Waals surface area contributed by atoms with Crippen molar-refractivity contribution in [1.29, 1.82) is 0 Å². The highest BCUT2D eigenvalue weighted by Gasteiger charge is 2.09. The second-order valence-electron chi connectivity index (χ2n) is 4.44. The third kappa shape index (κ3) is 3.76. The summed E-state index contributed by atoms with van der Waals surface area (Å²) >= 11 is 3.41. The van der Waals surface area contributed by atoms with E-state index in [1.807, 2.05) is 12.3 Å². The van der Waals surface area contributed by atoms with Gasteiger partial charge in [0.25, 0.3) is 0 Å². The smallest absolute Gasteiger partial charge is 0.132 e. The Bertz CT molecular complexity index is 339. The van der Waals surface area contributed by atoms with Crippen LogP contribution < -0.4 is 10.6 Å². The molecule has 16 heavy (non-hydrogen) atoms. The van der Waals surface area contributed by atoms with Crippen LogP contribution >= 0.6 is 15.9 Å². The monoisotopic (exact) mass is 285 g/mol. The molecule has 1 rings (SSSR count). The van der Waals surface area contributed by atoms with Gasteiger partial charge in [-0.25, -0.2) is 4.98 Å². The molecule has 2 N–H and O–H groups in total. The van der Waals surface area contributed by atoms with Gasteiger partial charge in [0.15, 0.2) is 0 Å². The van der Waals surface area contributed by atoms with E-state index in [0.717, 1.165) is 28.8 Å². The Hall–Kier alpha value is -0.610. The number of hydrogen-bond donors (Lipinski definition) is 1. The highest BCUT2D eigenvalue weighted by Crippen LogP contribution is 2.20. The number of pyridine rings is 1. The maximum Gasteiger partial charge on any atom is 0.132 e. The molecule has 0 aromatic carbocycles. The second-order valence-corrected chi connectivity index (χ2v) is 5.36. The average Bonchev–Trinajstić information content (AvgIpc) is 2.25. The summed E-state index contributed by atoms with van der Waals surface area (Å²) in [5.74, 6) is 1.70. The standard InChI is InChI=1S/C12H20BrN3/c1-9(2)4-5-16(3)12-10(7-14)6-11(13)8-15-12/h6,8-9H,4-5,7,14H2,1-3H3. The number of rotatable bonds is 5. The summed E-state index contributed by atoms with van der Waals surface area (Å²) < 4.78 is 0.981. The molecule has 0 aliphatic rings. The summed E-state index contributed by atoms with van der Waals surface area (Å²) in [7, 11) is 2.07. The Morgan fingerprint density at radius 1 is 1.50 bits per heavy atom. The first-order valence-corrected chi connectivity index (χ1v) is 6.39. The van der Waals surface area contributed by atoms with E-state index in [-0.39, 0.29) is 0 Å². The van der Waals surface area contributed by atoms with Gasteiger partial charge in [-0.2, -0.15) is 0 Å². The SMILES string of the molecule is CC(C)CCN(C)c1ncc(Br)cc1CN. The number of nitrogens with two attached hydrogens (primary N) is 1. The van der Waals surface area contributed by atoms with Crippen molar-refractivity contribution in [1.82, 2.24) is 4.98 Å². The van der Waals surface area contributed by atoms with Crippen molar-refractivity contribution in [2.45, 2.75) is 26.8 Å². The van der Waals surface area contributed by atoms with Crippen LogP contribution in [0.5, 0.6) is 0 Å². The molecule has 1 aromatic heterocycles. The van der Waals surface area contributed by atoms with Gasteiger partial charge in [-0.1, -0.05) is 13.8 Å². The van der Waals surface area contributed by atoms with Crippen LogP contribution in [0, 0.1) is 5.92 Å². The molecule has 90 valence electrons. The third-order valence-corrected chi connectivity index (χ3v) is 2.97. The summed E-state index contributed by atoms with van der Waals surface area (Å²) in [6.07, 6.45) is 2.98. The molecule has 0 fully saturated rings. The Labute approximate surface area is 106 Å². The zero-order valence-electron chi connectivity index (χ0n) is 10.2. The van der Waals surface area contributed by atoms with Crippen molar-refractivity contribution < 1.29 is 0 Å². The largest absolute Gasteiger partial charge is 0.359 e. The maximum atomic E-state index is 5.73. The summed E-state index contributed by atoms with van der Waals surface area (Å²) in [5, 5.41) is 0. The molecule has 0 aliphatic heterocycles. The summed E-state index contributed by atoms with van der Waals surface area (Å²) in [5.41, 5.74) is 6.81. The van der Waals surface area contributed by atoms with Gasteiger partial charge in [0, 0.05) is 36.4 Å². The van der Waals surface area contributed by atoms with Crippen LogP contribution in [0.25, 0.3) is 0 Å². The molecule has 0 amide bonds. The molecular weight excluding hydrogens is 266 g/mol. The van der Waals surface area contributed by atoms with Crippen molar-refractivity contribution in [2.75, 3.05) is 18.5 Å². The minimum absolute atomic E-state index is 0.522. The van der Waals surface area contributed by atoms with Gasteiger partial charge in [-0.3, -0.25) is 0 Å². The van der Waals surface area contributed by atoms with Crippen molar-refractivity contribution in [3.05, 3.63) is 22.3 Å². The number of hydrogen-bond acceptors (Lipinski definition) is 3. The molecule has 0 aliphatic carbocycles. The quantitative estimate of drug-likeness (QED) is 0.905. The molecule has 0 saturated carbocycles. The molecule has 1 heterocycles. The highest BCUT2D eigenvalue weighted by atomic mass is 79.9. The molecule has 0 radical (unpaired) electrons. The van der Waals surface area contributed by atoms with Crippen LogP contribution in [0.1, 0.15) is 25.8 Å². The molecule has 0 bridgehead atoms. The van der Waals surface area contributed by atoms with E-state index in [9.17, 15) is 0 Å². The van der Waals surface area contributed by atoms with Gasteiger partial charge >= 0.3 is 0 Å². The molecule has 0 atom stereocenters. The van der Waals surface area contributed by atoms with Crippen LogP contribution in [0.3, 0.4) is 0 Å². The summed E-state index contributed by atoms with van der Waals surface area (Å²) in [6, 6.07) is 2.04. The first-order chi connectivity index (χ1) is 7.54. The summed E-state index contributed by atoms with van der Waals surface area (Å²) in [6.45, 7) is 5.99. The molecule has 0 unspecified atom stereocenters. The van der Waals surface area contributed by atoms with Gasteiger partial charge in [-0.15, -0.1) is 0 Å². The normalized spacial score (nSPS) is 10.9. The van der Waals surface area contributed by atoms with Gasteiger partial charge in [0.1, 0.15) is 5.82 Å². The van der Waals surface area contributed by atoms with E-state index in [1.165, 1.54) is 0 Å². The van der Waals surface area contributed by atoms with Gasteiger partial charge in [0.05, 0.1) is 0 Å². The number of aromatic nitrogens is 1. The topological polar surface area (TPSA) is 42.2 Å². The molecule has 0 saturated heterocycles. The van der Waals surface area contributed by atoms with E-state index in [1.54, 1.807) is 0 Å². The Morgan fingerprint density at radius 3 is 2.75 bits per heavy atom. The van der Waals surface area contributed by atoms with E-state index in [2.05, 4.69) is 46.7 Å². The minimum atomic E-state index is 0.522. The predicted molar refractivity (Wildman–Crippen MR) is 72.6 cm³/mol. The lowest BCUT2D eigenvalue weighted by Gasteiger charge is -2.21. The van der Waals surface area contributed by atoms with Crippen molar-refractivity contribution >= 4 is 21.7 Å². The second kappa shape index (κ2) is 6.21. The van der Waals surface area contributed by atoms with Crippen molar-refractivity contribution in [3.63, 3.8) is 0 Å². The average molecular weight is 286 g/mol. The fourth-order valence-corrected chi connectivity index (χ4v) is 1.90. The van der Waals surface area contributed by atoms with Crippen LogP contribution in [0.15, 0.2) is 16.7 Å². The Morgan fingerprint density at radius 2 is 2.19 bits per heavy atom. The van der Waals surface area contributed by atoms with Crippen LogP contribution in [0.2, 0.25) is 0 Å². The number of halogens is 1. The van der Waals surface area contributed by atoms with Crippen molar-refractivity contribution in [2.24, 2.45) is 11.7 Å². The first-order valence-electron chi connectivity index (χ1n) is 5.60. The van der Waals surface area contributed by atoms with E-state index >= 15 is 0 Å². The lowest BCUT2D eigenvalue weighted by Crippen LogP contribution is -2.23. The van der Waals surface area contributed by atoms with Gasteiger partial charge < -0.3 is 10.6 Å². The van der Waals surface area contributed by atoms with E-state index < -0.39 is 0 Å². The van der Waals surface area contributed by atoms with E-state index in [0.29, 0.717) is 12.5 Å². The molecule has 3 nitrogen and oxygen atoms in total. The highest BCUT2D eigenvalue weighted by molar-refractivity contribution is 9.10. The van der Waals surface area contributed by atoms with E-state index in [4.69, 9.17) is 5.73 Å². The van der Waals surface area contributed by atoms with Crippen LogP contribution in [0.4, 0.5) is 5.82 Å². The lowest BCUT2D eigenvalue weighted by molar-refractivity contribution is 0.583. The molecule has 0 spiro atoms. The first kappa shape index (κ1) is 13.5. The van der Waals surface area contributed by atoms with Crippen molar-refractivity contribution in [3.8, 4) is 0 Å². The summed E-state index contributed by atoms with van der Waals surface area (Å²) in [4.78, 5) is 6.60. The molecule has 4 heteroatoms. The Kier molecular flexibility index (Phi) is 5.22. The molecular formula is C12H20BrN3. The predicted octanol–water partition coefficient (Wildman–Crippen LogP) is 2.79. The van der Waals surface area contributed by atoms with Gasteiger partial charge in [0.2, 0.25) is 0 Å². The fraction of sp³-hybridized carbons (Fsp3) is 0.583. The van der Waals surface area contributed by atoms with Crippen LogP contribution in [-0.2, 0) is 6.54 Å². The minimum Gasteiger partial charge on any atom is -0.359 e. The van der Waals surface area contributed by atoms with Gasteiger partial charge in [-0.05, 0) is 34.3 Å². The third-order valence-electron chi connectivity index (χ3n) is 2.53.